The summed E-state index contributed by atoms with van der Waals surface area (Å²) in [5.74, 6) is 0.530. The molecule has 1 aromatic carbocycles. The Morgan fingerprint density at radius 2 is 1.93 bits per heavy atom. The molecule has 148 valence electrons. The van der Waals surface area contributed by atoms with Gasteiger partial charge in [0.15, 0.2) is 0 Å². The number of pyridine rings is 1. The Labute approximate surface area is 170 Å². The molecule has 7 nitrogen and oxygen atoms in total. The van der Waals surface area contributed by atoms with Crippen LogP contribution in [-0.4, -0.2) is 52.2 Å². The predicted octanol–water partition coefficient (Wildman–Crippen LogP) is 2.51. The van der Waals surface area contributed by atoms with Crippen molar-refractivity contribution >= 4 is 38.3 Å². The Balaban J connectivity index is 1.41. The molecule has 0 amide bonds. The van der Waals surface area contributed by atoms with Crippen LogP contribution < -0.4 is 11.3 Å². The largest absolute Gasteiger partial charge is 0.397 e. The molecule has 0 unspecified atom stereocenters. The molecular formula is C21H21N5O2S. The summed E-state index contributed by atoms with van der Waals surface area (Å²) in [7, 11) is 0. The zero-order valence-electron chi connectivity index (χ0n) is 15.8. The SMILES string of the molecule is Nc1c(-c2nc3cc4c(cc3[nH]2)CCN(C2COC2)CC4)c(=O)[nH]c2ccsc12. The van der Waals surface area contributed by atoms with Crippen molar-refractivity contribution in [2.75, 3.05) is 32.0 Å². The monoisotopic (exact) mass is 407 g/mol. The third kappa shape index (κ3) is 2.71. The van der Waals surface area contributed by atoms with Crippen LogP contribution in [0.3, 0.4) is 0 Å². The van der Waals surface area contributed by atoms with E-state index < -0.39 is 0 Å². The Morgan fingerprint density at radius 3 is 2.69 bits per heavy atom. The van der Waals surface area contributed by atoms with Gasteiger partial charge in [-0.15, -0.1) is 11.3 Å². The molecule has 2 aliphatic heterocycles. The van der Waals surface area contributed by atoms with Crippen molar-refractivity contribution in [2.45, 2.75) is 18.9 Å². The number of fused-ring (bicyclic) bond motifs is 3. The highest BCUT2D eigenvalue weighted by molar-refractivity contribution is 7.17. The maximum atomic E-state index is 12.7. The minimum atomic E-state index is -0.215. The van der Waals surface area contributed by atoms with Gasteiger partial charge in [-0.3, -0.25) is 9.69 Å². The maximum absolute atomic E-state index is 12.7. The van der Waals surface area contributed by atoms with Gasteiger partial charge >= 0.3 is 0 Å². The molecule has 0 spiro atoms. The first-order valence-corrected chi connectivity index (χ1v) is 10.8. The first-order chi connectivity index (χ1) is 14.2. The summed E-state index contributed by atoms with van der Waals surface area (Å²) in [5, 5.41) is 1.93. The second-order valence-electron chi connectivity index (χ2n) is 7.86. The molecule has 0 aliphatic carbocycles. The van der Waals surface area contributed by atoms with Gasteiger partial charge in [0.2, 0.25) is 0 Å². The molecule has 2 aliphatic rings. The lowest BCUT2D eigenvalue weighted by molar-refractivity contribution is -0.0634. The van der Waals surface area contributed by atoms with Gasteiger partial charge in [-0.1, -0.05) is 0 Å². The topological polar surface area (TPSA) is 100 Å². The summed E-state index contributed by atoms with van der Waals surface area (Å²) < 4.78 is 6.24. The zero-order valence-corrected chi connectivity index (χ0v) is 16.6. The van der Waals surface area contributed by atoms with Crippen LogP contribution in [0.1, 0.15) is 11.1 Å². The number of aromatic nitrogens is 3. The number of hydrogen-bond acceptors (Lipinski definition) is 6. The van der Waals surface area contributed by atoms with Crippen molar-refractivity contribution in [3.8, 4) is 11.4 Å². The molecule has 5 heterocycles. The van der Waals surface area contributed by atoms with Crippen LogP contribution >= 0.6 is 11.3 Å². The van der Waals surface area contributed by atoms with E-state index in [0.717, 1.165) is 60.4 Å². The van der Waals surface area contributed by atoms with Crippen molar-refractivity contribution in [1.82, 2.24) is 19.9 Å². The molecule has 6 rings (SSSR count). The van der Waals surface area contributed by atoms with Crippen LogP contribution in [0.4, 0.5) is 5.69 Å². The normalized spacial score (nSPS) is 18.1. The molecule has 0 radical (unpaired) electrons. The number of anilines is 1. The Morgan fingerprint density at radius 1 is 1.14 bits per heavy atom. The summed E-state index contributed by atoms with van der Waals surface area (Å²) >= 11 is 1.52. The number of nitrogens with one attached hydrogen (secondary N) is 2. The van der Waals surface area contributed by atoms with Crippen LogP contribution in [0.15, 0.2) is 28.4 Å². The molecule has 0 bridgehead atoms. The van der Waals surface area contributed by atoms with Crippen LogP contribution in [0.5, 0.6) is 0 Å². The summed E-state index contributed by atoms with van der Waals surface area (Å²) in [6, 6.07) is 6.80. The summed E-state index contributed by atoms with van der Waals surface area (Å²) in [5.41, 5.74) is 12.3. The van der Waals surface area contributed by atoms with Crippen LogP contribution in [-0.2, 0) is 17.6 Å². The average Bonchev–Trinajstić information content (AvgIpc) is 3.23. The quantitative estimate of drug-likeness (QED) is 0.474. The molecule has 1 fully saturated rings. The zero-order chi connectivity index (χ0) is 19.5. The van der Waals surface area contributed by atoms with Crippen LogP contribution in [0.25, 0.3) is 32.6 Å². The summed E-state index contributed by atoms with van der Waals surface area (Å²) in [6.45, 7) is 3.81. The summed E-state index contributed by atoms with van der Waals surface area (Å²) in [4.78, 5) is 26.2. The number of aromatic amines is 2. The number of nitrogens with zero attached hydrogens (tertiary/aromatic N) is 2. The van der Waals surface area contributed by atoms with E-state index in [2.05, 4.69) is 27.0 Å². The molecule has 3 aromatic heterocycles. The minimum Gasteiger partial charge on any atom is -0.397 e. The van der Waals surface area contributed by atoms with E-state index in [0.29, 0.717) is 23.1 Å². The van der Waals surface area contributed by atoms with Gasteiger partial charge in [0.25, 0.3) is 5.56 Å². The Bertz CT molecular complexity index is 1250. The molecule has 29 heavy (non-hydrogen) atoms. The fraction of sp³-hybridized carbons (Fsp3) is 0.333. The number of benzene rings is 1. The molecule has 8 heteroatoms. The van der Waals surface area contributed by atoms with E-state index in [1.807, 2.05) is 11.4 Å². The molecule has 1 saturated heterocycles. The number of imidazole rings is 1. The fourth-order valence-electron chi connectivity index (χ4n) is 4.44. The molecule has 0 saturated carbocycles. The van der Waals surface area contributed by atoms with E-state index in [-0.39, 0.29) is 5.56 Å². The van der Waals surface area contributed by atoms with E-state index in [1.165, 1.54) is 22.5 Å². The second-order valence-corrected chi connectivity index (χ2v) is 8.77. The lowest BCUT2D eigenvalue weighted by Gasteiger charge is -2.36. The lowest BCUT2D eigenvalue weighted by Crippen LogP contribution is -2.49. The third-order valence-corrected chi connectivity index (χ3v) is 7.12. The van der Waals surface area contributed by atoms with Crippen molar-refractivity contribution in [1.29, 1.82) is 0 Å². The standard InChI is InChI=1S/C21H21N5O2S/c22-18-17(21(27)25-14-3-6-29-19(14)18)20-23-15-7-11-1-4-26(13-9-28-10-13)5-2-12(11)8-16(15)24-20/h3,6-8,13H,1-2,4-5,9-10H2,(H,23,24)(H3,22,25,27). The van der Waals surface area contributed by atoms with E-state index in [4.69, 9.17) is 15.5 Å². The van der Waals surface area contributed by atoms with Gasteiger partial charge < -0.3 is 20.4 Å². The number of nitrogens with two attached hydrogens (primary N) is 1. The van der Waals surface area contributed by atoms with E-state index >= 15 is 0 Å². The van der Waals surface area contributed by atoms with E-state index in [9.17, 15) is 4.79 Å². The number of H-pyrrole nitrogens is 2. The van der Waals surface area contributed by atoms with Gasteiger partial charge in [-0.2, -0.15) is 0 Å². The van der Waals surface area contributed by atoms with Gasteiger partial charge in [0.1, 0.15) is 11.4 Å². The van der Waals surface area contributed by atoms with E-state index in [1.54, 1.807) is 0 Å². The number of hydrogen-bond donors (Lipinski definition) is 3. The van der Waals surface area contributed by atoms with Gasteiger partial charge in [-0.05, 0) is 47.5 Å². The van der Waals surface area contributed by atoms with Gasteiger partial charge in [0, 0.05) is 13.1 Å². The first kappa shape index (κ1) is 17.2. The van der Waals surface area contributed by atoms with Crippen molar-refractivity contribution in [3.05, 3.63) is 45.1 Å². The number of nitrogen functional groups attached to an aromatic ring is 1. The fourth-order valence-corrected chi connectivity index (χ4v) is 5.26. The highest BCUT2D eigenvalue weighted by Crippen LogP contribution is 2.32. The molecular weight excluding hydrogens is 386 g/mol. The highest BCUT2D eigenvalue weighted by atomic mass is 32.1. The van der Waals surface area contributed by atoms with Crippen LogP contribution in [0.2, 0.25) is 0 Å². The van der Waals surface area contributed by atoms with Crippen molar-refractivity contribution in [2.24, 2.45) is 0 Å². The lowest BCUT2D eigenvalue weighted by atomic mass is 10.0. The number of rotatable bonds is 2. The number of thiophene rings is 1. The predicted molar refractivity (Wildman–Crippen MR) is 116 cm³/mol. The Kier molecular flexibility index (Phi) is 3.80. The van der Waals surface area contributed by atoms with Crippen molar-refractivity contribution in [3.63, 3.8) is 0 Å². The highest BCUT2D eigenvalue weighted by Gasteiger charge is 2.27. The molecule has 0 atom stereocenters. The number of ether oxygens (including phenoxy) is 1. The second kappa shape index (κ2) is 6.41. The van der Waals surface area contributed by atoms with Gasteiger partial charge in [0.05, 0.1) is 46.2 Å². The van der Waals surface area contributed by atoms with Crippen LogP contribution in [0, 0.1) is 0 Å². The minimum absolute atomic E-state index is 0.215. The van der Waals surface area contributed by atoms with Crippen molar-refractivity contribution < 1.29 is 4.74 Å². The smallest absolute Gasteiger partial charge is 0.261 e. The molecule has 4 aromatic rings. The third-order valence-electron chi connectivity index (χ3n) is 6.17. The Hall–Kier alpha value is -2.68. The maximum Gasteiger partial charge on any atom is 0.261 e. The summed E-state index contributed by atoms with van der Waals surface area (Å²) in [6.07, 6.45) is 2.02. The van der Waals surface area contributed by atoms with Gasteiger partial charge in [-0.25, -0.2) is 4.98 Å². The molecule has 4 N–H and O–H groups in total. The average molecular weight is 407 g/mol. The first-order valence-electron chi connectivity index (χ1n) is 9.90.